The number of ether oxygens (including phenoxy) is 1. The Bertz CT molecular complexity index is 667. The summed E-state index contributed by atoms with van der Waals surface area (Å²) in [6.07, 6.45) is 1.60. The SMILES string of the molecule is Cc1ccc2c(c1)Oc1cc(F)cc(Cl)c1C=N2. The lowest BCUT2D eigenvalue weighted by atomic mass is 10.2. The summed E-state index contributed by atoms with van der Waals surface area (Å²) in [5, 5.41) is 0.290. The molecule has 2 aromatic carbocycles. The predicted molar refractivity (Wildman–Crippen MR) is 69.9 cm³/mol. The van der Waals surface area contributed by atoms with Gasteiger partial charge in [-0.1, -0.05) is 17.7 Å². The molecular formula is C14H9ClFNO. The molecule has 0 unspecified atom stereocenters. The Morgan fingerprint density at radius 3 is 2.83 bits per heavy atom. The van der Waals surface area contributed by atoms with Crippen molar-refractivity contribution in [2.75, 3.05) is 0 Å². The zero-order valence-electron chi connectivity index (χ0n) is 9.58. The van der Waals surface area contributed by atoms with Gasteiger partial charge in [-0.05, 0) is 30.7 Å². The molecule has 0 spiro atoms. The van der Waals surface area contributed by atoms with Crippen LogP contribution in [0.2, 0.25) is 5.02 Å². The van der Waals surface area contributed by atoms with Crippen LogP contribution in [0.15, 0.2) is 35.3 Å². The highest BCUT2D eigenvalue weighted by Gasteiger charge is 2.15. The maximum Gasteiger partial charge on any atom is 0.153 e. The molecule has 2 nitrogen and oxygen atoms in total. The summed E-state index contributed by atoms with van der Waals surface area (Å²) >= 11 is 5.98. The molecule has 3 rings (SSSR count). The van der Waals surface area contributed by atoms with Crippen molar-refractivity contribution in [1.82, 2.24) is 0 Å². The van der Waals surface area contributed by atoms with Gasteiger partial charge in [-0.3, -0.25) is 4.99 Å². The fourth-order valence-corrected chi connectivity index (χ4v) is 2.08. The first-order chi connectivity index (χ1) is 8.63. The van der Waals surface area contributed by atoms with E-state index in [1.807, 2.05) is 25.1 Å². The van der Waals surface area contributed by atoms with Gasteiger partial charge in [0.05, 0.1) is 10.6 Å². The molecule has 4 heteroatoms. The molecule has 1 aliphatic heterocycles. The Labute approximate surface area is 109 Å². The van der Waals surface area contributed by atoms with Crippen LogP contribution in [-0.2, 0) is 0 Å². The molecule has 1 aliphatic rings. The first-order valence-corrected chi connectivity index (χ1v) is 5.83. The minimum absolute atomic E-state index is 0.290. The minimum atomic E-state index is -0.428. The van der Waals surface area contributed by atoms with E-state index in [9.17, 15) is 4.39 Å². The summed E-state index contributed by atoms with van der Waals surface area (Å²) < 4.78 is 19.0. The summed E-state index contributed by atoms with van der Waals surface area (Å²) in [7, 11) is 0. The van der Waals surface area contributed by atoms with Crippen LogP contribution >= 0.6 is 11.6 Å². The van der Waals surface area contributed by atoms with E-state index < -0.39 is 5.82 Å². The number of nitrogens with zero attached hydrogens (tertiary/aromatic N) is 1. The Balaban J connectivity index is 2.20. The monoisotopic (exact) mass is 261 g/mol. The smallest absolute Gasteiger partial charge is 0.153 e. The van der Waals surface area contributed by atoms with Gasteiger partial charge in [0.1, 0.15) is 17.3 Å². The van der Waals surface area contributed by atoms with Crippen molar-refractivity contribution in [2.24, 2.45) is 4.99 Å². The molecule has 0 fully saturated rings. The molecule has 0 saturated heterocycles. The molecule has 0 bridgehead atoms. The van der Waals surface area contributed by atoms with E-state index in [0.717, 1.165) is 5.56 Å². The number of rotatable bonds is 0. The van der Waals surface area contributed by atoms with Crippen LogP contribution in [0.1, 0.15) is 11.1 Å². The van der Waals surface area contributed by atoms with Gasteiger partial charge in [0, 0.05) is 12.3 Å². The van der Waals surface area contributed by atoms with Crippen LogP contribution in [0.25, 0.3) is 0 Å². The molecule has 0 aliphatic carbocycles. The molecule has 0 aromatic heterocycles. The molecule has 0 amide bonds. The van der Waals surface area contributed by atoms with Crippen molar-refractivity contribution in [2.45, 2.75) is 6.92 Å². The Morgan fingerprint density at radius 2 is 2.00 bits per heavy atom. The van der Waals surface area contributed by atoms with Gasteiger partial charge in [0.25, 0.3) is 0 Å². The van der Waals surface area contributed by atoms with Crippen molar-refractivity contribution in [3.05, 3.63) is 52.3 Å². The highest BCUT2D eigenvalue weighted by Crippen LogP contribution is 2.38. The van der Waals surface area contributed by atoms with Gasteiger partial charge in [-0.25, -0.2) is 4.39 Å². The summed E-state index contributed by atoms with van der Waals surface area (Å²) in [6, 6.07) is 8.22. The van der Waals surface area contributed by atoms with E-state index in [-0.39, 0.29) is 0 Å². The average molecular weight is 262 g/mol. The summed E-state index contributed by atoms with van der Waals surface area (Å²) in [5.74, 6) is 0.558. The van der Waals surface area contributed by atoms with Gasteiger partial charge in [-0.2, -0.15) is 0 Å². The van der Waals surface area contributed by atoms with Gasteiger partial charge >= 0.3 is 0 Å². The number of benzene rings is 2. The number of fused-ring (bicyclic) bond motifs is 2. The quantitative estimate of drug-likeness (QED) is 0.577. The largest absolute Gasteiger partial charge is 0.454 e. The maximum atomic E-state index is 13.3. The molecule has 2 aromatic rings. The highest BCUT2D eigenvalue weighted by molar-refractivity contribution is 6.33. The molecule has 0 N–H and O–H groups in total. The Kier molecular flexibility index (Phi) is 2.56. The summed E-state index contributed by atoms with van der Waals surface area (Å²) in [4.78, 5) is 4.30. The fraction of sp³-hybridized carbons (Fsp3) is 0.0714. The molecule has 90 valence electrons. The third-order valence-electron chi connectivity index (χ3n) is 2.72. The van der Waals surface area contributed by atoms with E-state index in [2.05, 4.69) is 4.99 Å². The molecule has 0 radical (unpaired) electrons. The zero-order valence-corrected chi connectivity index (χ0v) is 10.3. The number of aliphatic imine (C=N–C) groups is 1. The lowest BCUT2D eigenvalue weighted by Gasteiger charge is -2.09. The molecule has 0 saturated carbocycles. The normalized spacial score (nSPS) is 12.4. The predicted octanol–water partition coefficient (Wildman–Crippen LogP) is 4.64. The summed E-state index contributed by atoms with van der Waals surface area (Å²) in [5.41, 5.74) is 2.34. The van der Waals surface area contributed by atoms with Crippen LogP contribution in [0, 0.1) is 12.7 Å². The fourth-order valence-electron chi connectivity index (χ4n) is 1.83. The van der Waals surface area contributed by atoms with Gasteiger partial charge < -0.3 is 4.74 Å². The van der Waals surface area contributed by atoms with Crippen LogP contribution in [0.3, 0.4) is 0 Å². The second-order valence-electron chi connectivity index (χ2n) is 4.13. The molecule has 1 heterocycles. The topological polar surface area (TPSA) is 21.6 Å². The van der Waals surface area contributed by atoms with Gasteiger partial charge in [-0.15, -0.1) is 0 Å². The van der Waals surface area contributed by atoms with Crippen molar-refractivity contribution in [3.8, 4) is 11.5 Å². The van der Waals surface area contributed by atoms with E-state index in [0.29, 0.717) is 27.8 Å². The number of halogens is 2. The van der Waals surface area contributed by atoms with E-state index in [1.165, 1.54) is 12.1 Å². The molecule has 0 atom stereocenters. The van der Waals surface area contributed by atoms with Crippen molar-refractivity contribution < 1.29 is 9.13 Å². The number of aryl methyl sites for hydroxylation is 1. The summed E-state index contributed by atoms with van der Waals surface area (Å²) in [6.45, 7) is 1.96. The second kappa shape index (κ2) is 4.10. The lowest BCUT2D eigenvalue weighted by molar-refractivity contribution is 0.478. The van der Waals surface area contributed by atoms with E-state index in [4.69, 9.17) is 16.3 Å². The van der Waals surface area contributed by atoms with Crippen molar-refractivity contribution in [1.29, 1.82) is 0 Å². The zero-order chi connectivity index (χ0) is 12.7. The van der Waals surface area contributed by atoms with Crippen molar-refractivity contribution in [3.63, 3.8) is 0 Å². The van der Waals surface area contributed by atoms with Crippen molar-refractivity contribution >= 4 is 23.5 Å². The number of hydrogen-bond donors (Lipinski definition) is 0. The van der Waals surface area contributed by atoms with Gasteiger partial charge in [0.2, 0.25) is 0 Å². The standard InChI is InChI=1S/C14H9ClFNO/c1-8-2-3-12-14(4-8)18-13-6-9(16)5-11(15)10(13)7-17-12/h2-7H,1H3. The van der Waals surface area contributed by atoms with Gasteiger partial charge in [0.15, 0.2) is 5.75 Å². The number of hydrogen-bond acceptors (Lipinski definition) is 2. The molecular weight excluding hydrogens is 253 g/mol. The Morgan fingerprint density at radius 1 is 1.17 bits per heavy atom. The molecule has 18 heavy (non-hydrogen) atoms. The second-order valence-corrected chi connectivity index (χ2v) is 4.54. The third-order valence-corrected chi connectivity index (χ3v) is 3.04. The average Bonchev–Trinajstić information content (AvgIpc) is 2.47. The van der Waals surface area contributed by atoms with Crippen LogP contribution in [-0.4, -0.2) is 6.21 Å². The minimum Gasteiger partial charge on any atom is -0.454 e. The van der Waals surface area contributed by atoms with Crippen LogP contribution in [0.5, 0.6) is 11.5 Å². The maximum absolute atomic E-state index is 13.3. The third kappa shape index (κ3) is 1.87. The van der Waals surface area contributed by atoms with Crippen LogP contribution in [0.4, 0.5) is 10.1 Å². The first kappa shape index (κ1) is 11.2. The lowest BCUT2D eigenvalue weighted by Crippen LogP contribution is -1.91. The Hall–Kier alpha value is -1.87. The first-order valence-electron chi connectivity index (χ1n) is 5.45. The van der Waals surface area contributed by atoms with Crippen LogP contribution < -0.4 is 4.74 Å². The van der Waals surface area contributed by atoms with E-state index >= 15 is 0 Å². The highest BCUT2D eigenvalue weighted by atomic mass is 35.5. The van der Waals surface area contributed by atoms with E-state index in [1.54, 1.807) is 6.21 Å².